The van der Waals surface area contributed by atoms with Gasteiger partial charge in [-0.05, 0) is 77.8 Å². The maximum Gasteiger partial charge on any atom is 0.165 e. The molecule has 0 aliphatic carbocycles. The predicted octanol–water partition coefficient (Wildman–Crippen LogP) is 15.7. The van der Waals surface area contributed by atoms with Crippen molar-refractivity contribution < 1.29 is 0 Å². The predicted molar refractivity (Wildman–Crippen MR) is 258 cm³/mol. The molecule has 10 aromatic carbocycles. The van der Waals surface area contributed by atoms with Crippen molar-refractivity contribution in [1.82, 2.24) is 15.0 Å². The van der Waals surface area contributed by atoms with Crippen molar-refractivity contribution in [3.8, 4) is 67.5 Å². The highest BCUT2D eigenvalue weighted by atomic mass is 32.1. The van der Waals surface area contributed by atoms with Gasteiger partial charge < -0.3 is 0 Å². The van der Waals surface area contributed by atoms with Gasteiger partial charge in [-0.25, -0.2) is 15.0 Å². The van der Waals surface area contributed by atoms with Gasteiger partial charge in [0.15, 0.2) is 17.5 Å². The molecule has 0 N–H and O–H groups in total. The van der Waals surface area contributed by atoms with Crippen LogP contribution >= 0.6 is 11.3 Å². The van der Waals surface area contributed by atoms with Crippen LogP contribution in [0, 0.1) is 0 Å². The summed E-state index contributed by atoms with van der Waals surface area (Å²) < 4.78 is 2.41. The summed E-state index contributed by atoms with van der Waals surface area (Å²) in [6.07, 6.45) is 0. The van der Waals surface area contributed by atoms with Gasteiger partial charge in [0.25, 0.3) is 0 Å². The molecule has 2 aromatic heterocycles. The summed E-state index contributed by atoms with van der Waals surface area (Å²) in [6, 6.07) is 75.8. The Morgan fingerprint density at radius 1 is 0.262 bits per heavy atom. The van der Waals surface area contributed by atoms with E-state index in [9.17, 15) is 0 Å². The first-order chi connectivity index (χ1) is 30.3. The van der Waals surface area contributed by atoms with E-state index in [1.54, 1.807) is 11.3 Å². The Labute approximate surface area is 356 Å². The van der Waals surface area contributed by atoms with Gasteiger partial charge in [-0.3, -0.25) is 0 Å². The van der Waals surface area contributed by atoms with Crippen molar-refractivity contribution in [3.05, 3.63) is 212 Å². The monoisotopic (exact) mass is 793 g/mol. The topological polar surface area (TPSA) is 38.7 Å². The smallest absolute Gasteiger partial charge is 0.165 e. The lowest BCUT2D eigenvalue weighted by Crippen LogP contribution is -2.02. The minimum absolute atomic E-state index is 0.640. The van der Waals surface area contributed by atoms with Crippen LogP contribution in [-0.2, 0) is 0 Å². The second kappa shape index (κ2) is 14.5. The first-order valence-electron chi connectivity index (χ1n) is 20.6. The van der Waals surface area contributed by atoms with Gasteiger partial charge in [0.2, 0.25) is 0 Å². The summed E-state index contributed by atoms with van der Waals surface area (Å²) in [5.74, 6) is 1.94. The quantitative estimate of drug-likeness (QED) is 0.157. The first-order valence-corrected chi connectivity index (χ1v) is 21.4. The normalized spacial score (nSPS) is 11.6. The summed E-state index contributed by atoms with van der Waals surface area (Å²) in [7, 11) is 0. The third-order valence-electron chi connectivity index (χ3n) is 11.9. The second-order valence-corrected chi connectivity index (χ2v) is 16.5. The maximum atomic E-state index is 5.50. The zero-order chi connectivity index (χ0) is 40.3. The van der Waals surface area contributed by atoms with E-state index in [2.05, 4.69) is 194 Å². The molecule has 0 fully saturated rings. The number of rotatable bonds is 6. The van der Waals surface area contributed by atoms with Crippen molar-refractivity contribution in [3.63, 3.8) is 0 Å². The Balaban J connectivity index is 1.15. The van der Waals surface area contributed by atoms with Crippen molar-refractivity contribution in [2.75, 3.05) is 0 Å². The molecule has 3 nitrogen and oxygen atoms in total. The van der Waals surface area contributed by atoms with Gasteiger partial charge in [-0.1, -0.05) is 200 Å². The largest absolute Gasteiger partial charge is 0.208 e. The Morgan fingerprint density at radius 3 is 1.48 bits per heavy atom. The molecule has 61 heavy (non-hydrogen) atoms. The zero-order valence-corrected chi connectivity index (χ0v) is 33.8. The van der Waals surface area contributed by atoms with Gasteiger partial charge in [0.05, 0.1) is 0 Å². The molecule has 0 saturated heterocycles. The molecule has 0 atom stereocenters. The lowest BCUT2D eigenvalue weighted by atomic mass is 9.83. The average molecular weight is 794 g/mol. The molecule has 0 spiro atoms. The molecular weight excluding hydrogens is 759 g/mol. The van der Waals surface area contributed by atoms with Crippen LogP contribution in [0.3, 0.4) is 0 Å². The van der Waals surface area contributed by atoms with Crippen LogP contribution in [0.2, 0.25) is 0 Å². The summed E-state index contributed by atoms with van der Waals surface area (Å²) >= 11 is 1.79. The second-order valence-electron chi connectivity index (χ2n) is 15.4. The number of thiophene rings is 1. The first kappa shape index (κ1) is 35.2. The lowest BCUT2D eigenvalue weighted by molar-refractivity contribution is 1.08. The van der Waals surface area contributed by atoms with Crippen molar-refractivity contribution in [2.24, 2.45) is 0 Å². The highest BCUT2D eigenvalue weighted by Crippen LogP contribution is 2.48. The number of hydrogen-bond donors (Lipinski definition) is 0. The summed E-state index contributed by atoms with van der Waals surface area (Å²) in [5.41, 5.74) is 9.98. The van der Waals surface area contributed by atoms with Crippen molar-refractivity contribution in [2.45, 2.75) is 0 Å². The number of fused-ring (bicyclic) bond motifs is 6. The Kier molecular flexibility index (Phi) is 8.36. The van der Waals surface area contributed by atoms with Crippen molar-refractivity contribution >= 4 is 63.8 Å². The van der Waals surface area contributed by atoms with Gasteiger partial charge in [-0.2, -0.15) is 0 Å². The van der Waals surface area contributed by atoms with Crippen molar-refractivity contribution in [1.29, 1.82) is 0 Å². The SMILES string of the molecule is c1ccc(-c2ccc(-c3c4ccccc4c(-c4ccc5ccccc5c4-c4nc(-c5ccccc5)nc(-c5cccc6c5sc5ccccc56)n4)c4ccccc34)cc2)cc1. The molecule has 0 unspecified atom stereocenters. The molecule has 2 heterocycles. The third kappa shape index (κ3) is 5.91. The molecule has 0 bridgehead atoms. The van der Waals surface area contributed by atoms with Crippen LogP contribution in [0.5, 0.6) is 0 Å². The molecule has 0 radical (unpaired) electrons. The van der Waals surface area contributed by atoms with E-state index in [-0.39, 0.29) is 0 Å². The third-order valence-corrected chi connectivity index (χ3v) is 13.2. The Morgan fingerprint density at radius 2 is 0.770 bits per heavy atom. The van der Waals surface area contributed by atoms with E-state index >= 15 is 0 Å². The van der Waals surface area contributed by atoms with E-state index in [4.69, 9.17) is 15.0 Å². The summed E-state index contributed by atoms with van der Waals surface area (Å²) in [5, 5.41) is 9.40. The molecular formula is C57H35N3S. The fourth-order valence-corrected chi connectivity index (χ4v) is 10.4. The molecule has 12 rings (SSSR count). The molecule has 4 heteroatoms. The number of nitrogens with zero attached hydrogens (tertiary/aromatic N) is 3. The number of aromatic nitrogens is 3. The Bertz CT molecular complexity index is 3570. The highest BCUT2D eigenvalue weighted by molar-refractivity contribution is 7.26. The summed E-state index contributed by atoms with van der Waals surface area (Å²) in [4.78, 5) is 16.2. The molecule has 12 aromatic rings. The minimum atomic E-state index is 0.640. The van der Waals surface area contributed by atoms with E-state index in [0.29, 0.717) is 17.5 Å². The van der Waals surface area contributed by atoms with Crippen LogP contribution in [0.1, 0.15) is 0 Å². The van der Waals surface area contributed by atoms with Crippen LogP contribution < -0.4 is 0 Å². The van der Waals surface area contributed by atoms with Gasteiger partial charge in [-0.15, -0.1) is 11.3 Å². The lowest BCUT2D eigenvalue weighted by Gasteiger charge is -2.20. The van der Waals surface area contributed by atoms with E-state index in [1.807, 2.05) is 18.2 Å². The van der Waals surface area contributed by atoms with Crippen LogP contribution in [-0.4, -0.2) is 15.0 Å². The standard InChI is InChI=1S/C57H35N3S/c1-3-16-36(17-4-1)37-30-32-39(33-31-37)51-43-23-9-11-25-45(43)52(46-26-12-10-24-44(46)51)48-35-34-38-18-7-8-21-41(38)53(48)57-59-55(40-19-5-2-6-20-40)58-56(60-57)49-28-15-27-47-42-22-13-14-29-50(42)61-54(47)49/h1-35H. The van der Waals surface area contributed by atoms with E-state index < -0.39 is 0 Å². The van der Waals surface area contributed by atoms with Crippen LogP contribution in [0.25, 0.3) is 120 Å². The Hall–Kier alpha value is -7.79. The highest BCUT2D eigenvalue weighted by Gasteiger charge is 2.24. The number of benzene rings is 10. The molecule has 0 amide bonds. The molecule has 0 aliphatic rings. The average Bonchev–Trinajstić information content (AvgIpc) is 3.72. The number of hydrogen-bond acceptors (Lipinski definition) is 4. The summed E-state index contributed by atoms with van der Waals surface area (Å²) in [6.45, 7) is 0. The maximum absolute atomic E-state index is 5.50. The zero-order valence-electron chi connectivity index (χ0n) is 33.0. The van der Waals surface area contributed by atoms with Gasteiger partial charge in [0, 0.05) is 36.9 Å². The fourth-order valence-electron chi connectivity index (χ4n) is 9.16. The van der Waals surface area contributed by atoms with Crippen LogP contribution in [0.4, 0.5) is 0 Å². The fraction of sp³-hybridized carbons (Fsp3) is 0. The van der Waals surface area contributed by atoms with E-state index in [0.717, 1.165) is 38.6 Å². The molecule has 284 valence electrons. The molecule has 0 saturated carbocycles. The molecule has 0 aliphatic heterocycles. The minimum Gasteiger partial charge on any atom is -0.208 e. The van der Waals surface area contributed by atoms with Crippen LogP contribution in [0.15, 0.2) is 212 Å². The van der Waals surface area contributed by atoms with Gasteiger partial charge >= 0.3 is 0 Å². The van der Waals surface area contributed by atoms with E-state index in [1.165, 1.54) is 64.0 Å². The van der Waals surface area contributed by atoms with Gasteiger partial charge in [0.1, 0.15) is 0 Å².